The average Bonchev–Trinajstić information content (AvgIpc) is 2.39. The van der Waals surface area contributed by atoms with Gasteiger partial charge < -0.3 is 9.84 Å². The van der Waals surface area contributed by atoms with Gasteiger partial charge >= 0.3 is 5.97 Å². The number of rotatable bonds is 4. The van der Waals surface area contributed by atoms with Crippen LogP contribution in [0.15, 0.2) is 30.9 Å². The SMILES string of the molecule is CCc1cc(Oc2cnccc2C(=O)O)ncn1. The maximum atomic E-state index is 11.0. The molecule has 0 aromatic carbocycles. The van der Waals surface area contributed by atoms with Gasteiger partial charge in [-0.3, -0.25) is 4.98 Å². The molecular formula is C12H11N3O3. The van der Waals surface area contributed by atoms with Gasteiger partial charge in [0.2, 0.25) is 5.88 Å². The number of carboxylic acids is 1. The summed E-state index contributed by atoms with van der Waals surface area (Å²) in [5.74, 6) is -0.611. The minimum atomic E-state index is -1.07. The predicted octanol–water partition coefficient (Wildman–Crippen LogP) is 1.92. The van der Waals surface area contributed by atoms with E-state index in [9.17, 15) is 4.79 Å². The molecule has 18 heavy (non-hydrogen) atoms. The first kappa shape index (κ1) is 12.0. The van der Waals surface area contributed by atoms with Gasteiger partial charge in [0.15, 0.2) is 5.75 Å². The van der Waals surface area contributed by atoms with Gasteiger partial charge in [0.1, 0.15) is 11.9 Å². The van der Waals surface area contributed by atoms with Crippen LogP contribution < -0.4 is 4.74 Å². The van der Waals surface area contributed by atoms with Crippen molar-refractivity contribution >= 4 is 5.97 Å². The molecule has 0 saturated heterocycles. The van der Waals surface area contributed by atoms with Crippen molar-refractivity contribution in [2.75, 3.05) is 0 Å². The second-order valence-electron chi connectivity index (χ2n) is 3.48. The normalized spacial score (nSPS) is 10.1. The van der Waals surface area contributed by atoms with E-state index < -0.39 is 5.97 Å². The number of aromatic carboxylic acids is 1. The van der Waals surface area contributed by atoms with Crippen LogP contribution >= 0.6 is 0 Å². The summed E-state index contributed by atoms with van der Waals surface area (Å²) in [5.41, 5.74) is 0.863. The van der Waals surface area contributed by atoms with Crippen molar-refractivity contribution in [2.24, 2.45) is 0 Å². The molecule has 0 unspecified atom stereocenters. The van der Waals surface area contributed by atoms with E-state index in [-0.39, 0.29) is 11.3 Å². The number of nitrogens with zero attached hydrogens (tertiary/aromatic N) is 3. The molecule has 0 atom stereocenters. The van der Waals surface area contributed by atoms with Gasteiger partial charge in [0, 0.05) is 18.0 Å². The second kappa shape index (κ2) is 5.22. The summed E-state index contributed by atoms with van der Waals surface area (Å²) in [7, 11) is 0. The van der Waals surface area contributed by atoms with Crippen LogP contribution in [0.4, 0.5) is 0 Å². The fraction of sp³-hybridized carbons (Fsp3) is 0.167. The van der Waals surface area contributed by atoms with Crippen LogP contribution in [-0.2, 0) is 6.42 Å². The molecule has 92 valence electrons. The highest BCUT2D eigenvalue weighted by Gasteiger charge is 2.12. The number of hydrogen-bond acceptors (Lipinski definition) is 5. The zero-order valence-electron chi connectivity index (χ0n) is 9.70. The maximum Gasteiger partial charge on any atom is 0.339 e. The molecule has 1 N–H and O–H groups in total. The van der Waals surface area contributed by atoms with E-state index >= 15 is 0 Å². The van der Waals surface area contributed by atoms with Crippen molar-refractivity contribution in [2.45, 2.75) is 13.3 Å². The quantitative estimate of drug-likeness (QED) is 0.885. The maximum absolute atomic E-state index is 11.0. The van der Waals surface area contributed by atoms with E-state index in [2.05, 4.69) is 15.0 Å². The minimum absolute atomic E-state index is 0.0432. The van der Waals surface area contributed by atoms with E-state index in [4.69, 9.17) is 9.84 Å². The second-order valence-corrected chi connectivity index (χ2v) is 3.48. The minimum Gasteiger partial charge on any atom is -0.478 e. The highest BCUT2D eigenvalue weighted by atomic mass is 16.5. The monoisotopic (exact) mass is 245 g/mol. The van der Waals surface area contributed by atoms with Crippen LogP contribution in [0.5, 0.6) is 11.6 Å². The van der Waals surface area contributed by atoms with Crippen LogP contribution in [0.25, 0.3) is 0 Å². The summed E-state index contributed by atoms with van der Waals surface area (Å²) in [6.45, 7) is 1.96. The van der Waals surface area contributed by atoms with E-state index in [0.29, 0.717) is 5.88 Å². The molecule has 6 heteroatoms. The Bertz CT molecular complexity index is 572. The zero-order valence-corrected chi connectivity index (χ0v) is 9.70. The van der Waals surface area contributed by atoms with Gasteiger partial charge in [-0.25, -0.2) is 14.8 Å². The number of pyridine rings is 1. The Morgan fingerprint density at radius 2 is 2.28 bits per heavy atom. The van der Waals surface area contributed by atoms with Gasteiger partial charge in [-0.15, -0.1) is 0 Å². The van der Waals surface area contributed by atoms with E-state index in [1.165, 1.54) is 24.8 Å². The van der Waals surface area contributed by atoms with Crippen molar-refractivity contribution < 1.29 is 14.6 Å². The van der Waals surface area contributed by atoms with E-state index in [0.717, 1.165) is 12.1 Å². The predicted molar refractivity (Wildman–Crippen MR) is 62.7 cm³/mol. The molecule has 0 aliphatic rings. The smallest absolute Gasteiger partial charge is 0.339 e. The lowest BCUT2D eigenvalue weighted by Crippen LogP contribution is -2.01. The highest BCUT2D eigenvalue weighted by molar-refractivity contribution is 5.90. The third-order valence-corrected chi connectivity index (χ3v) is 2.29. The fourth-order valence-corrected chi connectivity index (χ4v) is 1.38. The molecule has 0 fully saturated rings. The molecule has 2 heterocycles. The van der Waals surface area contributed by atoms with Crippen molar-refractivity contribution in [3.05, 3.63) is 42.1 Å². The van der Waals surface area contributed by atoms with Crippen molar-refractivity contribution in [1.29, 1.82) is 0 Å². The van der Waals surface area contributed by atoms with Crippen LogP contribution in [0.2, 0.25) is 0 Å². The molecule has 6 nitrogen and oxygen atoms in total. The average molecular weight is 245 g/mol. The lowest BCUT2D eigenvalue weighted by molar-refractivity contribution is 0.0694. The standard InChI is InChI=1S/C12H11N3O3/c1-2-8-5-11(15-7-14-8)18-10-6-13-4-3-9(10)12(16)17/h3-7H,2H2,1H3,(H,16,17). The third-order valence-electron chi connectivity index (χ3n) is 2.29. The number of carbonyl (C=O) groups is 1. The van der Waals surface area contributed by atoms with E-state index in [1.807, 2.05) is 6.92 Å². The van der Waals surface area contributed by atoms with Gasteiger partial charge in [-0.05, 0) is 12.5 Å². The topological polar surface area (TPSA) is 85.2 Å². The molecular weight excluding hydrogens is 234 g/mol. The Morgan fingerprint density at radius 3 is 3.00 bits per heavy atom. The Labute approximate surface area is 103 Å². The largest absolute Gasteiger partial charge is 0.478 e. The molecule has 0 amide bonds. The lowest BCUT2D eigenvalue weighted by atomic mass is 10.2. The van der Waals surface area contributed by atoms with Gasteiger partial charge in [-0.1, -0.05) is 6.92 Å². The Kier molecular flexibility index (Phi) is 3.47. The highest BCUT2D eigenvalue weighted by Crippen LogP contribution is 2.22. The van der Waals surface area contributed by atoms with Gasteiger partial charge in [0.05, 0.1) is 6.20 Å². The van der Waals surface area contributed by atoms with Gasteiger partial charge in [-0.2, -0.15) is 0 Å². The summed E-state index contributed by atoms with van der Waals surface area (Å²) >= 11 is 0. The summed E-state index contributed by atoms with van der Waals surface area (Å²) < 4.78 is 5.42. The molecule has 2 rings (SSSR count). The van der Waals surface area contributed by atoms with E-state index in [1.54, 1.807) is 6.07 Å². The first-order chi connectivity index (χ1) is 8.70. The first-order valence-electron chi connectivity index (χ1n) is 5.36. The number of hydrogen-bond donors (Lipinski definition) is 1. The lowest BCUT2D eigenvalue weighted by Gasteiger charge is -2.07. The third kappa shape index (κ3) is 2.60. The van der Waals surface area contributed by atoms with Crippen LogP contribution in [0, 0.1) is 0 Å². The zero-order chi connectivity index (χ0) is 13.0. The van der Waals surface area contributed by atoms with Crippen molar-refractivity contribution in [3.63, 3.8) is 0 Å². The summed E-state index contributed by atoms with van der Waals surface area (Å²) in [6, 6.07) is 3.04. The molecule has 2 aromatic heterocycles. The Balaban J connectivity index is 2.31. The first-order valence-corrected chi connectivity index (χ1v) is 5.36. The summed E-state index contributed by atoms with van der Waals surface area (Å²) in [6.07, 6.45) is 4.87. The van der Waals surface area contributed by atoms with Crippen LogP contribution in [0.1, 0.15) is 23.0 Å². The molecule has 0 radical (unpaired) electrons. The summed E-state index contributed by atoms with van der Waals surface area (Å²) in [4.78, 5) is 22.8. The number of carboxylic acid groups (broad SMARTS) is 1. The Hall–Kier alpha value is -2.50. The van der Waals surface area contributed by atoms with Gasteiger partial charge in [0.25, 0.3) is 0 Å². The molecule has 0 saturated carbocycles. The van der Waals surface area contributed by atoms with Crippen LogP contribution in [0.3, 0.4) is 0 Å². The van der Waals surface area contributed by atoms with Crippen molar-refractivity contribution in [1.82, 2.24) is 15.0 Å². The molecule has 0 spiro atoms. The molecule has 0 aliphatic carbocycles. The molecule has 0 bridgehead atoms. The van der Waals surface area contributed by atoms with Crippen LogP contribution in [-0.4, -0.2) is 26.0 Å². The fourth-order valence-electron chi connectivity index (χ4n) is 1.38. The van der Waals surface area contributed by atoms with Crippen molar-refractivity contribution in [3.8, 4) is 11.6 Å². The Morgan fingerprint density at radius 1 is 1.44 bits per heavy atom. The molecule has 0 aliphatic heterocycles. The number of aromatic nitrogens is 3. The molecule has 2 aromatic rings. The summed E-state index contributed by atoms with van der Waals surface area (Å²) in [5, 5.41) is 9.00. The number of aryl methyl sites for hydroxylation is 1. The number of ether oxygens (including phenoxy) is 1.